The van der Waals surface area contributed by atoms with Gasteiger partial charge < -0.3 is 14.6 Å². The van der Waals surface area contributed by atoms with Crippen LogP contribution in [0.1, 0.15) is 74.1 Å². The second-order valence-electron chi connectivity index (χ2n) is 11.7. The molecule has 0 unspecified atom stereocenters. The molecular weight excluding hydrogens is 388 g/mol. The predicted molar refractivity (Wildman–Crippen MR) is 130 cm³/mol. The molecule has 2 bridgehead atoms. The highest BCUT2D eigenvalue weighted by Gasteiger charge is 2.54. The molecule has 3 rings (SSSR count). The minimum Gasteiger partial charge on any atom is -0.410 e. The lowest BCUT2D eigenvalue weighted by molar-refractivity contribution is -0.174. The van der Waals surface area contributed by atoms with Gasteiger partial charge in [-0.1, -0.05) is 50.6 Å². The van der Waals surface area contributed by atoms with Gasteiger partial charge in [-0.05, 0) is 88.9 Å². The Kier molecular flexibility index (Phi) is 7.72. The summed E-state index contributed by atoms with van der Waals surface area (Å²) < 4.78 is 7.00. The van der Waals surface area contributed by atoms with Crippen molar-refractivity contribution in [1.29, 1.82) is 0 Å². The summed E-state index contributed by atoms with van der Waals surface area (Å²) in [6, 6.07) is 0. The summed E-state index contributed by atoms with van der Waals surface area (Å²) in [6.45, 7) is 23.8. The Hall–Kier alpha value is -0.683. The van der Waals surface area contributed by atoms with E-state index in [0.29, 0.717) is 0 Å². The quantitative estimate of drug-likeness (QED) is 0.399. The van der Waals surface area contributed by atoms with Gasteiger partial charge in [0.15, 0.2) is 8.32 Å². The number of rotatable bonds is 3. The minimum absolute atomic E-state index is 0.0117. The van der Waals surface area contributed by atoms with Gasteiger partial charge in [-0.25, -0.2) is 0 Å². The van der Waals surface area contributed by atoms with Crippen LogP contribution in [-0.4, -0.2) is 36.3 Å². The molecule has 0 radical (unpaired) electrons. The first kappa shape index (κ1) is 25.6. The van der Waals surface area contributed by atoms with Gasteiger partial charge in [-0.3, -0.25) is 0 Å². The Morgan fingerprint density at radius 2 is 1.83 bits per heavy atom. The Morgan fingerprint density at radius 1 is 1.23 bits per heavy atom. The molecule has 2 N–H and O–H groups in total. The number of hydrogen-bond acceptors (Lipinski definition) is 3. The SMILES string of the molecule is C=C(C)[C@H]1C[C@@H]2C/C=C(\C)CC/C=C(\C)[C@H](O[Si](C)(C)C(C)(C)C)[C@H]1[C@@H](O)[C@]2(C)O. The van der Waals surface area contributed by atoms with Crippen LogP contribution in [-0.2, 0) is 4.43 Å². The second-order valence-corrected chi connectivity index (χ2v) is 16.5. The zero-order chi connectivity index (χ0) is 23.1. The number of aliphatic hydroxyl groups is 2. The van der Waals surface area contributed by atoms with E-state index in [2.05, 4.69) is 73.4 Å². The fourth-order valence-electron chi connectivity index (χ4n) is 4.85. The van der Waals surface area contributed by atoms with E-state index in [-0.39, 0.29) is 28.9 Å². The van der Waals surface area contributed by atoms with Gasteiger partial charge in [0, 0.05) is 5.92 Å². The third kappa shape index (κ3) is 5.20. The van der Waals surface area contributed by atoms with E-state index in [1.165, 1.54) is 11.1 Å². The molecule has 0 spiro atoms. The van der Waals surface area contributed by atoms with E-state index in [1.54, 1.807) is 0 Å². The summed E-state index contributed by atoms with van der Waals surface area (Å²) in [7, 11) is -2.09. The molecule has 3 aliphatic carbocycles. The summed E-state index contributed by atoms with van der Waals surface area (Å²) in [5.74, 6) is -0.0577. The Balaban J connectivity index is 2.63. The van der Waals surface area contributed by atoms with Crippen molar-refractivity contribution < 1.29 is 14.6 Å². The molecule has 30 heavy (non-hydrogen) atoms. The van der Waals surface area contributed by atoms with Gasteiger partial charge in [-0.15, -0.1) is 0 Å². The van der Waals surface area contributed by atoms with Gasteiger partial charge in [0.1, 0.15) is 0 Å². The first-order chi connectivity index (χ1) is 13.6. The third-order valence-corrected chi connectivity index (χ3v) is 12.7. The molecule has 1 saturated carbocycles. The van der Waals surface area contributed by atoms with Crippen molar-refractivity contribution >= 4 is 8.32 Å². The van der Waals surface area contributed by atoms with E-state index in [4.69, 9.17) is 4.43 Å². The first-order valence-corrected chi connectivity index (χ1v) is 14.6. The second kappa shape index (κ2) is 9.05. The van der Waals surface area contributed by atoms with Crippen LogP contribution in [0.25, 0.3) is 0 Å². The highest BCUT2D eigenvalue weighted by Crippen LogP contribution is 2.50. The van der Waals surface area contributed by atoms with E-state index in [0.717, 1.165) is 31.3 Å². The van der Waals surface area contributed by atoms with Crippen molar-refractivity contribution in [1.82, 2.24) is 0 Å². The zero-order valence-electron chi connectivity index (χ0n) is 20.9. The number of fused-ring (bicyclic) bond motifs is 7. The number of aliphatic hydroxyl groups excluding tert-OH is 1. The third-order valence-electron chi connectivity index (χ3n) is 8.21. The van der Waals surface area contributed by atoms with Gasteiger partial charge in [0.2, 0.25) is 0 Å². The van der Waals surface area contributed by atoms with Crippen molar-refractivity contribution in [2.45, 2.75) is 110 Å². The predicted octanol–water partition coefficient (Wildman–Crippen LogP) is 6.39. The molecule has 0 aromatic heterocycles. The van der Waals surface area contributed by atoms with Crippen LogP contribution in [0, 0.1) is 17.8 Å². The fraction of sp³-hybridized carbons (Fsp3) is 0.769. The largest absolute Gasteiger partial charge is 0.410 e. The van der Waals surface area contributed by atoms with Crippen LogP contribution in [0.2, 0.25) is 18.1 Å². The molecule has 0 heterocycles. The monoisotopic (exact) mass is 434 g/mol. The highest BCUT2D eigenvalue weighted by atomic mass is 28.4. The summed E-state index contributed by atoms with van der Waals surface area (Å²) in [6.07, 6.45) is 7.11. The van der Waals surface area contributed by atoms with Crippen molar-refractivity contribution in [2.75, 3.05) is 0 Å². The average Bonchev–Trinajstić information content (AvgIpc) is 2.59. The van der Waals surface area contributed by atoms with Crippen LogP contribution in [0.3, 0.4) is 0 Å². The molecule has 3 nitrogen and oxygen atoms in total. The Morgan fingerprint density at radius 3 is 2.37 bits per heavy atom. The summed E-state index contributed by atoms with van der Waals surface area (Å²) in [5.41, 5.74) is 2.45. The van der Waals surface area contributed by atoms with E-state index in [1.807, 2.05) is 6.92 Å². The zero-order valence-corrected chi connectivity index (χ0v) is 21.9. The Bertz CT molecular complexity index is 696. The van der Waals surface area contributed by atoms with Crippen molar-refractivity contribution in [3.8, 4) is 0 Å². The smallest absolute Gasteiger partial charge is 0.192 e. The lowest BCUT2D eigenvalue weighted by Gasteiger charge is -2.53. The van der Waals surface area contributed by atoms with Gasteiger partial charge in [0.25, 0.3) is 0 Å². The summed E-state index contributed by atoms with van der Waals surface area (Å²) in [5, 5.41) is 23.1. The fourth-order valence-corrected chi connectivity index (χ4v) is 6.18. The van der Waals surface area contributed by atoms with Crippen molar-refractivity contribution in [3.63, 3.8) is 0 Å². The van der Waals surface area contributed by atoms with Crippen molar-refractivity contribution in [2.24, 2.45) is 17.8 Å². The minimum atomic E-state index is -2.09. The molecule has 4 heteroatoms. The van der Waals surface area contributed by atoms with E-state index < -0.39 is 20.0 Å². The Labute approximate surface area is 186 Å². The molecule has 0 amide bonds. The van der Waals surface area contributed by atoms with Gasteiger partial charge in [-0.2, -0.15) is 0 Å². The molecule has 0 saturated heterocycles. The summed E-state index contributed by atoms with van der Waals surface area (Å²) >= 11 is 0. The van der Waals surface area contributed by atoms with E-state index in [9.17, 15) is 10.2 Å². The topological polar surface area (TPSA) is 49.7 Å². The molecule has 0 aromatic carbocycles. The lowest BCUT2D eigenvalue weighted by Crippen LogP contribution is -2.61. The maximum Gasteiger partial charge on any atom is 0.192 e. The molecule has 0 aliphatic heterocycles. The number of allylic oxidation sites excluding steroid dienone is 4. The molecular formula is C26H46O3Si. The molecule has 6 atom stereocenters. The average molecular weight is 435 g/mol. The van der Waals surface area contributed by atoms with Crippen LogP contribution in [0.5, 0.6) is 0 Å². The van der Waals surface area contributed by atoms with Crippen LogP contribution in [0.4, 0.5) is 0 Å². The normalized spacial score (nSPS) is 39.9. The van der Waals surface area contributed by atoms with Crippen molar-refractivity contribution in [3.05, 3.63) is 35.5 Å². The standard InChI is InChI=1S/C26H46O3Si/c1-17(2)21-16-20-15-14-18(3)12-11-13-19(4)23(22(21)24(27)26(20,8)28)29-30(9,10)25(5,6)7/h13-14,20-24,27-28H,1,11-12,15-16H2,2-10H3/b18-14+,19-13+/t20-,21+,22-,23-,24+,26+/m0/s1. The van der Waals surface area contributed by atoms with E-state index >= 15 is 0 Å². The van der Waals surface area contributed by atoms with Gasteiger partial charge in [0.05, 0.1) is 17.8 Å². The highest BCUT2D eigenvalue weighted by molar-refractivity contribution is 6.74. The summed E-state index contributed by atoms with van der Waals surface area (Å²) in [4.78, 5) is 0. The first-order valence-electron chi connectivity index (χ1n) is 11.7. The molecule has 3 aliphatic rings. The molecule has 172 valence electrons. The van der Waals surface area contributed by atoms with Gasteiger partial charge >= 0.3 is 0 Å². The van der Waals surface area contributed by atoms with Crippen LogP contribution < -0.4 is 0 Å². The maximum absolute atomic E-state index is 11.6. The van der Waals surface area contributed by atoms with Crippen LogP contribution >= 0.6 is 0 Å². The maximum atomic E-state index is 11.6. The van der Waals surface area contributed by atoms with Crippen LogP contribution in [0.15, 0.2) is 35.5 Å². The lowest BCUT2D eigenvalue weighted by atomic mass is 9.59. The molecule has 0 aromatic rings. The number of hydrogen-bond donors (Lipinski definition) is 2. The molecule has 1 fully saturated rings.